The Labute approximate surface area is 211 Å². The Morgan fingerprint density at radius 3 is 2.53 bits per heavy atom. The van der Waals surface area contributed by atoms with Gasteiger partial charge in [0.05, 0.1) is 32.6 Å². The largest absolute Gasteiger partial charge is 0.494 e. The van der Waals surface area contributed by atoms with E-state index >= 15 is 0 Å². The molecule has 1 aromatic carbocycles. The predicted molar refractivity (Wildman–Crippen MR) is 137 cm³/mol. The molecule has 0 bridgehead atoms. The van der Waals surface area contributed by atoms with E-state index in [0.29, 0.717) is 36.9 Å². The minimum Gasteiger partial charge on any atom is -0.494 e. The molecule has 0 spiro atoms. The van der Waals surface area contributed by atoms with Crippen molar-refractivity contribution in [3.8, 4) is 11.6 Å². The van der Waals surface area contributed by atoms with Crippen molar-refractivity contribution in [3.05, 3.63) is 34.9 Å². The summed E-state index contributed by atoms with van der Waals surface area (Å²) in [6.07, 6.45) is 0.746. The van der Waals surface area contributed by atoms with Crippen molar-refractivity contribution >= 4 is 23.1 Å². The first-order chi connectivity index (χ1) is 17.2. The SMILES string of the molecule is CCOc1nn2c(N)[n+](CC(=O)c3cc(N4CCOCC4)c(OC)c(C(C)(C)C)c3)nc2cc1CC. The molecule has 3 aromatic rings. The van der Waals surface area contributed by atoms with E-state index in [1.165, 1.54) is 9.20 Å². The van der Waals surface area contributed by atoms with Gasteiger partial charge in [-0.1, -0.05) is 42.4 Å². The number of nitrogen functional groups attached to an aromatic ring is 1. The van der Waals surface area contributed by atoms with Crippen molar-refractivity contribution in [3.63, 3.8) is 0 Å². The van der Waals surface area contributed by atoms with Gasteiger partial charge < -0.3 is 19.1 Å². The number of hydrogen-bond acceptors (Lipinski definition) is 8. The average molecular weight is 498 g/mol. The fourth-order valence-electron chi connectivity index (χ4n) is 4.45. The first kappa shape index (κ1) is 25.7. The Hall–Kier alpha value is -3.40. The summed E-state index contributed by atoms with van der Waals surface area (Å²) in [6, 6.07) is 5.74. The summed E-state index contributed by atoms with van der Waals surface area (Å²) in [6.45, 7) is 13.5. The zero-order chi connectivity index (χ0) is 26.0. The molecule has 0 atom stereocenters. The van der Waals surface area contributed by atoms with E-state index in [4.69, 9.17) is 19.9 Å². The molecule has 0 amide bonds. The van der Waals surface area contributed by atoms with Crippen molar-refractivity contribution in [2.24, 2.45) is 0 Å². The highest BCUT2D eigenvalue weighted by molar-refractivity contribution is 5.97. The number of hydrogen-bond donors (Lipinski definition) is 1. The van der Waals surface area contributed by atoms with Crippen LogP contribution in [0.1, 0.15) is 56.1 Å². The minimum absolute atomic E-state index is 0.0148. The molecule has 2 N–H and O–H groups in total. The minimum atomic E-state index is -0.228. The molecule has 1 aliphatic rings. The van der Waals surface area contributed by atoms with Gasteiger partial charge in [0.25, 0.3) is 5.65 Å². The van der Waals surface area contributed by atoms with Gasteiger partial charge in [-0.3, -0.25) is 10.5 Å². The first-order valence-electron chi connectivity index (χ1n) is 12.5. The van der Waals surface area contributed by atoms with E-state index in [-0.39, 0.29) is 23.7 Å². The number of aryl methyl sites for hydroxylation is 1. The summed E-state index contributed by atoms with van der Waals surface area (Å²) in [5, 5.41) is 9.09. The molecule has 10 heteroatoms. The standard InChI is InChI=1S/C26H36N6O4/c1-7-17-15-22-28-31(25(27)32(22)29-24(17)36-8-2)16-21(33)18-13-19(26(3,4)5)23(34-6)20(14-18)30-9-11-35-12-10-30/h13-15,27H,7-12,16H2,1-6H3/p+1. The van der Waals surface area contributed by atoms with Gasteiger partial charge in [0.1, 0.15) is 5.75 Å². The van der Waals surface area contributed by atoms with Crippen molar-refractivity contribution in [1.82, 2.24) is 14.7 Å². The van der Waals surface area contributed by atoms with Crippen molar-refractivity contribution in [1.29, 1.82) is 0 Å². The lowest BCUT2D eigenvalue weighted by Crippen LogP contribution is -2.42. The van der Waals surface area contributed by atoms with Gasteiger partial charge in [0, 0.05) is 35.8 Å². The number of ether oxygens (including phenoxy) is 3. The third kappa shape index (κ3) is 4.95. The van der Waals surface area contributed by atoms with Crippen molar-refractivity contribution in [2.75, 3.05) is 50.7 Å². The van der Waals surface area contributed by atoms with Gasteiger partial charge in [-0.15, -0.1) is 4.68 Å². The molecule has 1 saturated heterocycles. The Bertz CT molecular complexity index is 1260. The Morgan fingerprint density at radius 2 is 1.92 bits per heavy atom. The zero-order valence-electron chi connectivity index (χ0n) is 22.1. The molecular formula is C26H37N6O4+. The quantitative estimate of drug-likeness (QED) is 0.374. The van der Waals surface area contributed by atoms with Crippen LogP contribution in [0.25, 0.3) is 5.65 Å². The second-order valence-corrected chi connectivity index (χ2v) is 9.90. The van der Waals surface area contributed by atoms with Crippen LogP contribution in [0.3, 0.4) is 0 Å². The van der Waals surface area contributed by atoms with E-state index in [9.17, 15) is 4.79 Å². The van der Waals surface area contributed by atoms with Gasteiger partial charge in [-0.2, -0.15) is 0 Å². The highest BCUT2D eigenvalue weighted by Gasteiger charge is 2.29. The van der Waals surface area contributed by atoms with Crippen LogP contribution in [0.15, 0.2) is 18.2 Å². The Kier molecular flexibility index (Phi) is 7.35. The molecule has 10 nitrogen and oxygen atoms in total. The Balaban J connectivity index is 1.74. The summed E-state index contributed by atoms with van der Waals surface area (Å²) in [7, 11) is 1.68. The van der Waals surface area contributed by atoms with Gasteiger partial charge in [-0.05, 0) is 30.9 Å². The molecule has 194 valence electrons. The zero-order valence-corrected chi connectivity index (χ0v) is 22.1. The number of carbonyl (C=O) groups is 1. The first-order valence-corrected chi connectivity index (χ1v) is 12.5. The number of carbonyl (C=O) groups excluding carboxylic acids is 1. The summed E-state index contributed by atoms with van der Waals surface area (Å²) in [5.74, 6) is 1.48. The third-order valence-electron chi connectivity index (χ3n) is 6.40. The predicted octanol–water partition coefficient (Wildman–Crippen LogP) is 2.59. The summed E-state index contributed by atoms with van der Waals surface area (Å²) < 4.78 is 20.1. The van der Waals surface area contributed by atoms with Crippen molar-refractivity contribution in [2.45, 2.75) is 53.0 Å². The van der Waals surface area contributed by atoms with Gasteiger partial charge >= 0.3 is 5.95 Å². The molecular weight excluding hydrogens is 460 g/mol. The molecule has 1 fully saturated rings. The van der Waals surface area contributed by atoms with E-state index in [1.54, 1.807) is 7.11 Å². The number of ketones is 1. The van der Waals surface area contributed by atoms with E-state index < -0.39 is 0 Å². The lowest BCUT2D eigenvalue weighted by Gasteiger charge is -2.33. The smallest absolute Gasteiger partial charge is 0.401 e. The molecule has 1 aliphatic heterocycles. The normalized spacial score (nSPS) is 14.3. The number of benzene rings is 1. The monoisotopic (exact) mass is 497 g/mol. The second-order valence-electron chi connectivity index (χ2n) is 9.90. The van der Waals surface area contributed by atoms with Crippen molar-refractivity contribution < 1.29 is 23.7 Å². The number of nitrogens with zero attached hydrogens (tertiary/aromatic N) is 5. The molecule has 2 aromatic heterocycles. The topological polar surface area (TPSA) is 108 Å². The molecule has 4 rings (SSSR count). The van der Waals surface area contributed by atoms with Gasteiger partial charge in [0.15, 0.2) is 12.3 Å². The molecule has 0 radical (unpaired) electrons. The average Bonchev–Trinajstić information content (AvgIpc) is 3.16. The number of anilines is 2. The molecule has 0 unspecified atom stereocenters. The molecule has 0 aliphatic carbocycles. The maximum Gasteiger partial charge on any atom is 0.401 e. The fourth-order valence-corrected chi connectivity index (χ4v) is 4.45. The van der Waals surface area contributed by atoms with E-state index in [0.717, 1.165) is 42.1 Å². The van der Waals surface area contributed by atoms with Crippen LogP contribution in [0.5, 0.6) is 11.6 Å². The lowest BCUT2D eigenvalue weighted by molar-refractivity contribution is -0.723. The molecule has 3 heterocycles. The van der Waals surface area contributed by atoms with E-state index in [2.05, 4.69) is 35.9 Å². The van der Waals surface area contributed by atoms with Crippen LogP contribution in [0, 0.1) is 0 Å². The van der Waals surface area contributed by atoms with Gasteiger partial charge in [-0.25, -0.2) is 0 Å². The summed E-state index contributed by atoms with van der Waals surface area (Å²) in [5.41, 5.74) is 10.1. The number of nitrogens with two attached hydrogens (primary N) is 1. The number of rotatable bonds is 8. The van der Waals surface area contributed by atoms with Crippen LogP contribution in [0.4, 0.5) is 11.6 Å². The van der Waals surface area contributed by atoms with Crippen LogP contribution >= 0.6 is 0 Å². The van der Waals surface area contributed by atoms with Gasteiger partial charge in [0.2, 0.25) is 5.88 Å². The summed E-state index contributed by atoms with van der Waals surface area (Å²) in [4.78, 5) is 15.8. The van der Waals surface area contributed by atoms with E-state index in [1.807, 2.05) is 32.0 Å². The van der Waals surface area contributed by atoms with Crippen LogP contribution in [-0.4, -0.2) is 60.5 Å². The Morgan fingerprint density at radius 1 is 1.19 bits per heavy atom. The number of morpholine rings is 1. The molecule has 0 saturated carbocycles. The summed E-state index contributed by atoms with van der Waals surface area (Å²) >= 11 is 0. The highest BCUT2D eigenvalue weighted by Crippen LogP contribution is 2.40. The third-order valence-corrected chi connectivity index (χ3v) is 6.40. The fraction of sp³-hybridized carbons (Fsp3) is 0.538. The van der Waals surface area contributed by atoms with Crippen LogP contribution in [0.2, 0.25) is 0 Å². The maximum atomic E-state index is 13.6. The number of Topliss-reactive ketones (excluding diaryl/α,β-unsaturated/α-hetero) is 1. The second kappa shape index (κ2) is 10.3. The maximum absolute atomic E-state index is 13.6. The van der Waals surface area contributed by atoms with Crippen LogP contribution < -0.4 is 24.8 Å². The number of aromatic nitrogens is 4. The number of fused-ring (bicyclic) bond motifs is 1. The molecule has 36 heavy (non-hydrogen) atoms. The highest BCUT2D eigenvalue weighted by atomic mass is 16.5. The number of methoxy groups -OCH3 is 1. The lowest BCUT2D eigenvalue weighted by atomic mass is 9.84. The van der Waals surface area contributed by atoms with Crippen LogP contribution in [-0.2, 0) is 23.1 Å².